The first-order valence-corrected chi connectivity index (χ1v) is 22.0. The quantitative estimate of drug-likeness (QED) is 0.0713. The second-order valence-electron chi connectivity index (χ2n) is 16.1. The maximum atomic E-state index is 2.55. The average Bonchev–Trinajstić information content (AvgIpc) is 3.29. The summed E-state index contributed by atoms with van der Waals surface area (Å²) in [4.78, 5) is 5.07. The van der Waals surface area contributed by atoms with Crippen molar-refractivity contribution < 1.29 is 0 Å². The van der Waals surface area contributed by atoms with E-state index < -0.39 is 0 Å². The molecule has 0 amide bonds. The fourth-order valence-corrected chi connectivity index (χ4v) is 9.25. The van der Waals surface area contributed by atoms with E-state index in [2.05, 4.69) is 213 Å². The lowest BCUT2D eigenvalue weighted by Gasteiger charge is -2.34. The Morgan fingerprint density at radius 1 is 0.407 bits per heavy atom. The molecule has 8 aromatic rings. The number of benzene rings is 8. The van der Waals surface area contributed by atoms with E-state index in [4.69, 9.17) is 0 Å². The average molecular weight is 771 g/mol. The van der Waals surface area contributed by atoms with Crippen LogP contribution in [0, 0.1) is 12.8 Å². The lowest BCUT2D eigenvalue weighted by Crippen LogP contribution is -2.16. The van der Waals surface area contributed by atoms with Gasteiger partial charge in [-0.15, -0.1) is 0 Å². The number of hydrogen-bond donors (Lipinski definition) is 0. The van der Waals surface area contributed by atoms with Crippen molar-refractivity contribution in [2.24, 2.45) is 5.92 Å². The van der Waals surface area contributed by atoms with Crippen LogP contribution in [0.2, 0.25) is 0 Å². The van der Waals surface area contributed by atoms with Crippen LogP contribution < -0.4 is 9.80 Å². The summed E-state index contributed by atoms with van der Waals surface area (Å²) < 4.78 is 0. The Balaban J connectivity index is 1.39. The number of hydrogen-bond acceptors (Lipinski definition) is 2. The van der Waals surface area contributed by atoms with E-state index in [1.807, 2.05) is 0 Å². The second-order valence-corrected chi connectivity index (χ2v) is 16.1. The molecule has 0 aliphatic rings. The number of unbranched alkanes of at least 4 members (excludes halogenated alkanes) is 1. The molecule has 2 heteroatoms. The minimum Gasteiger partial charge on any atom is -0.309 e. The first-order chi connectivity index (χ1) is 29.1. The molecule has 0 aliphatic heterocycles. The third-order valence-electron chi connectivity index (χ3n) is 12.3. The molecule has 1 unspecified atom stereocenters. The van der Waals surface area contributed by atoms with Crippen molar-refractivity contribution in [3.05, 3.63) is 193 Å². The molecule has 0 heterocycles. The number of rotatable bonds is 16. The highest BCUT2D eigenvalue weighted by molar-refractivity contribution is 6.23. The molecular weight excluding hydrogens is 713 g/mol. The summed E-state index contributed by atoms with van der Waals surface area (Å²) in [5, 5.41) is 4.84. The van der Waals surface area contributed by atoms with Gasteiger partial charge in [-0.1, -0.05) is 192 Å². The molecule has 296 valence electrons. The number of anilines is 6. The van der Waals surface area contributed by atoms with Crippen LogP contribution in [0.4, 0.5) is 34.1 Å². The number of nitrogens with zero attached hydrogens (tertiary/aromatic N) is 2. The van der Waals surface area contributed by atoms with Gasteiger partial charge in [0.25, 0.3) is 0 Å². The highest BCUT2D eigenvalue weighted by atomic mass is 15.2. The van der Waals surface area contributed by atoms with Crippen LogP contribution in [-0.2, 0) is 12.8 Å². The molecule has 1 atom stereocenters. The van der Waals surface area contributed by atoms with Gasteiger partial charge in [-0.05, 0) is 90.8 Å². The fourth-order valence-electron chi connectivity index (χ4n) is 9.25. The summed E-state index contributed by atoms with van der Waals surface area (Å²) >= 11 is 0. The molecule has 0 N–H and O–H groups in total. The molecule has 0 saturated heterocycles. The van der Waals surface area contributed by atoms with Crippen LogP contribution in [0.25, 0.3) is 32.7 Å². The van der Waals surface area contributed by atoms with Gasteiger partial charge in [0, 0.05) is 44.2 Å². The highest BCUT2D eigenvalue weighted by Gasteiger charge is 2.27. The van der Waals surface area contributed by atoms with Crippen molar-refractivity contribution in [2.75, 3.05) is 9.80 Å². The van der Waals surface area contributed by atoms with Gasteiger partial charge < -0.3 is 9.80 Å². The number of fused-ring (bicyclic) bond motifs is 2. The number of para-hydroxylation sites is 3. The second kappa shape index (κ2) is 18.6. The maximum Gasteiger partial charge on any atom is 0.0620 e. The Morgan fingerprint density at radius 2 is 0.881 bits per heavy atom. The zero-order chi connectivity index (χ0) is 40.6. The molecule has 0 bridgehead atoms. The van der Waals surface area contributed by atoms with Crippen LogP contribution >= 0.6 is 0 Å². The molecule has 2 nitrogen and oxygen atoms in total. The summed E-state index contributed by atoms with van der Waals surface area (Å²) in [6.45, 7) is 9.29. The molecule has 0 radical (unpaired) electrons. The first kappa shape index (κ1) is 39.7. The lowest BCUT2D eigenvalue weighted by molar-refractivity contribution is 0.421. The van der Waals surface area contributed by atoms with E-state index in [0.717, 1.165) is 42.2 Å². The summed E-state index contributed by atoms with van der Waals surface area (Å²) in [6, 6.07) is 65.0. The third-order valence-corrected chi connectivity index (χ3v) is 12.3. The minimum atomic E-state index is 0.765. The first-order valence-electron chi connectivity index (χ1n) is 22.0. The topological polar surface area (TPSA) is 6.48 Å². The van der Waals surface area contributed by atoms with E-state index in [-0.39, 0.29) is 0 Å². The zero-order valence-corrected chi connectivity index (χ0v) is 35.4. The van der Waals surface area contributed by atoms with Crippen LogP contribution in [0.3, 0.4) is 0 Å². The number of aryl methyl sites for hydroxylation is 2. The predicted octanol–water partition coefficient (Wildman–Crippen LogP) is 17.0. The predicted molar refractivity (Wildman–Crippen MR) is 257 cm³/mol. The van der Waals surface area contributed by atoms with E-state index in [1.54, 1.807) is 0 Å². The largest absolute Gasteiger partial charge is 0.309 e. The van der Waals surface area contributed by atoms with Gasteiger partial charge in [0.15, 0.2) is 0 Å². The Morgan fingerprint density at radius 3 is 1.44 bits per heavy atom. The van der Waals surface area contributed by atoms with Crippen molar-refractivity contribution in [1.29, 1.82) is 0 Å². The molecule has 0 aromatic heterocycles. The van der Waals surface area contributed by atoms with Gasteiger partial charge in [0.05, 0.1) is 17.1 Å². The van der Waals surface area contributed by atoms with Gasteiger partial charge in [-0.2, -0.15) is 0 Å². The summed E-state index contributed by atoms with van der Waals surface area (Å²) in [7, 11) is 0. The van der Waals surface area contributed by atoms with Crippen molar-refractivity contribution in [3.63, 3.8) is 0 Å². The van der Waals surface area contributed by atoms with Crippen LogP contribution in [0.1, 0.15) is 76.0 Å². The summed E-state index contributed by atoms with van der Waals surface area (Å²) in [5.41, 5.74) is 13.8. The van der Waals surface area contributed by atoms with Gasteiger partial charge in [0.1, 0.15) is 0 Å². The van der Waals surface area contributed by atoms with E-state index in [1.165, 1.54) is 98.5 Å². The molecular formula is C57H58N2. The molecule has 8 rings (SSSR count). The van der Waals surface area contributed by atoms with Gasteiger partial charge in [-0.3, -0.25) is 0 Å². The van der Waals surface area contributed by atoms with Gasteiger partial charge in [0.2, 0.25) is 0 Å². The highest BCUT2D eigenvalue weighted by Crippen LogP contribution is 2.52. The van der Waals surface area contributed by atoms with Gasteiger partial charge >= 0.3 is 0 Å². The molecule has 0 fully saturated rings. The van der Waals surface area contributed by atoms with E-state index in [0.29, 0.717) is 0 Å². The van der Waals surface area contributed by atoms with Crippen LogP contribution in [0.5, 0.6) is 0 Å². The third kappa shape index (κ3) is 8.15. The SMILES string of the molecule is CCCCC(CC)CCc1cccc(N(c2ccccc2)c2c3ccccc3c(N(c3ccccc3)c3ccccc3-c3ccccc3CCC)c3ccccc23)c1C. The normalized spacial score (nSPS) is 11.9. The molecule has 59 heavy (non-hydrogen) atoms. The van der Waals surface area contributed by atoms with Crippen molar-refractivity contribution in [1.82, 2.24) is 0 Å². The minimum absolute atomic E-state index is 0.765. The van der Waals surface area contributed by atoms with E-state index in [9.17, 15) is 0 Å². The lowest BCUT2D eigenvalue weighted by atomic mass is 9.90. The maximum absolute atomic E-state index is 2.55. The smallest absolute Gasteiger partial charge is 0.0620 e. The van der Waals surface area contributed by atoms with Gasteiger partial charge in [-0.25, -0.2) is 0 Å². The Kier molecular flexibility index (Phi) is 12.5. The summed E-state index contributed by atoms with van der Waals surface area (Å²) in [5.74, 6) is 0.765. The standard InChI is InChI=1S/C57H58N2/c1-5-8-25-43(7-3)40-41-44-27-23-39-54(42(44)4)58(46-28-11-9-12-29-46)56-50-34-17-19-36-52(50)57(53-37-20-18-35-51(53)56)59(47-30-13-10-14-31-47)55-38-22-21-33-49(55)48-32-16-15-26-45(48)24-6-2/h9-23,26-39,43H,5-8,24-25,40-41H2,1-4H3. The monoisotopic (exact) mass is 770 g/mol. The zero-order valence-electron chi connectivity index (χ0n) is 35.4. The Hall–Kier alpha value is -6.12. The Labute approximate surface area is 352 Å². The molecule has 8 aromatic carbocycles. The van der Waals surface area contributed by atoms with Crippen molar-refractivity contribution >= 4 is 55.7 Å². The van der Waals surface area contributed by atoms with Crippen molar-refractivity contribution in [3.8, 4) is 11.1 Å². The summed E-state index contributed by atoms with van der Waals surface area (Å²) in [6.07, 6.45) is 9.59. The molecule has 0 spiro atoms. The van der Waals surface area contributed by atoms with Crippen LogP contribution in [-0.4, -0.2) is 0 Å². The molecule has 0 saturated carbocycles. The Bertz CT molecular complexity index is 2570. The fraction of sp³-hybridized carbons (Fsp3) is 0.228. The van der Waals surface area contributed by atoms with Crippen molar-refractivity contribution in [2.45, 2.75) is 79.1 Å². The van der Waals surface area contributed by atoms with Crippen LogP contribution in [0.15, 0.2) is 176 Å². The molecule has 0 aliphatic carbocycles. The van der Waals surface area contributed by atoms with E-state index >= 15 is 0 Å².